The molecular formula is C14H11N5OS. The van der Waals surface area contributed by atoms with Crippen molar-refractivity contribution in [3.05, 3.63) is 54.4 Å². The first kappa shape index (κ1) is 13.3. The summed E-state index contributed by atoms with van der Waals surface area (Å²) in [5.74, 6) is 0.0458. The lowest BCUT2D eigenvalue weighted by Gasteiger charge is -2.07. The average Bonchev–Trinajstić information content (AvgIpc) is 2.54. The predicted octanol–water partition coefficient (Wildman–Crippen LogP) is 2.27. The van der Waals surface area contributed by atoms with Gasteiger partial charge in [0.15, 0.2) is 11.0 Å². The number of hydrogen-bond acceptors (Lipinski definition) is 6. The predicted molar refractivity (Wildman–Crippen MR) is 80.4 cm³/mol. The van der Waals surface area contributed by atoms with Gasteiger partial charge in [-0.1, -0.05) is 23.4 Å². The second-order valence-corrected chi connectivity index (χ2v) is 5.13. The zero-order valence-electron chi connectivity index (χ0n) is 10.8. The van der Waals surface area contributed by atoms with E-state index < -0.39 is 0 Å². The normalized spacial score (nSPS) is 11.7. The molecule has 0 saturated heterocycles. The van der Waals surface area contributed by atoms with E-state index in [0.717, 1.165) is 10.9 Å². The number of para-hydroxylation sites is 1. The summed E-state index contributed by atoms with van der Waals surface area (Å²) in [6.45, 7) is 0. The Hall–Kier alpha value is -2.67. The summed E-state index contributed by atoms with van der Waals surface area (Å²) in [6.07, 6.45) is 3.33. The zero-order chi connectivity index (χ0) is 14.7. The Morgan fingerprint density at radius 2 is 1.90 bits per heavy atom. The van der Waals surface area contributed by atoms with Gasteiger partial charge in [0.05, 0.1) is 5.52 Å². The maximum atomic E-state index is 8.94. The van der Waals surface area contributed by atoms with Crippen LogP contribution in [0.5, 0.6) is 0 Å². The monoisotopic (exact) mass is 297 g/mol. The first-order chi connectivity index (χ1) is 10.3. The maximum Gasteiger partial charge on any atom is 0.193 e. The lowest BCUT2D eigenvalue weighted by atomic mass is 10.1. The molecule has 0 aliphatic rings. The number of amidine groups is 1. The topological polar surface area (TPSA) is 97.3 Å². The van der Waals surface area contributed by atoms with Crippen molar-refractivity contribution in [2.75, 3.05) is 0 Å². The summed E-state index contributed by atoms with van der Waals surface area (Å²) in [4.78, 5) is 12.8. The van der Waals surface area contributed by atoms with E-state index in [1.54, 1.807) is 24.5 Å². The Kier molecular flexibility index (Phi) is 3.65. The fraction of sp³-hybridized carbons (Fsp3) is 0. The number of oxime groups is 1. The molecule has 0 atom stereocenters. The van der Waals surface area contributed by atoms with Gasteiger partial charge < -0.3 is 10.9 Å². The van der Waals surface area contributed by atoms with E-state index >= 15 is 0 Å². The number of rotatable bonds is 3. The Balaban J connectivity index is 2.12. The second kappa shape index (κ2) is 5.76. The van der Waals surface area contributed by atoms with Crippen LogP contribution in [0.25, 0.3) is 10.9 Å². The van der Waals surface area contributed by atoms with Gasteiger partial charge in [-0.05, 0) is 30.0 Å². The molecule has 3 rings (SSSR count). The van der Waals surface area contributed by atoms with E-state index in [0.29, 0.717) is 15.7 Å². The number of nitrogens with zero attached hydrogens (tertiary/aromatic N) is 4. The molecule has 0 radical (unpaired) electrons. The van der Waals surface area contributed by atoms with Crippen LogP contribution < -0.4 is 5.73 Å². The van der Waals surface area contributed by atoms with Crippen molar-refractivity contribution in [2.45, 2.75) is 10.2 Å². The molecule has 2 heterocycles. The Bertz CT molecular complexity index is 807. The van der Waals surface area contributed by atoms with Gasteiger partial charge in [-0.15, -0.1) is 0 Å². The number of nitrogens with two attached hydrogens (primary N) is 1. The van der Waals surface area contributed by atoms with E-state index in [1.807, 2.05) is 24.3 Å². The molecule has 0 saturated carbocycles. The molecule has 0 aliphatic carbocycles. The van der Waals surface area contributed by atoms with E-state index in [4.69, 9.17) is 10.9 Å². The molecule has 104 valence electrons. The standard InChI is InChI=1S/C14H11N5OS/c15-13(19-20)10-8-12(21-14-16-6-3-7-17-14)18-11-5-2-1-4-9(10)11/h1-8,20H,(H2,15,19). The van der Waals surface area contributed by atoms with Crippen molar-refractivity contribution in [3.63, 3.8) is 0 Å². The fourth-order valence-corrected chi connectivity index (χ4v) is 2.64. The molecule has 0 spiro atoms. The highest BCUT2D eigenvalue weighted by atomic mass is 32.2. The van der Waals surface area contributed by atoms with Crippen molar-refractivity contribution >= 4 is 28.5 Å². The van der Waals surface area contributed by atoms with E-state index in [2.05, 4.69) is 20.1 Å². The summed E-state index contributed by atoms with van der Waals surface area (Å²) in [7, 11) is 0. The zero-order valence-corrected chi connectivity index (χ0v) is 11.7. The quantitative estimate of drug-likeness (QED) is 0.253. The number of pyridine rings is 1. The van der Waals surface area contributed by atoms with Crippen LogP contribution in [0.15, 0.2) is 64.1 Å². The van der Waals surface area contributed by atoms with Gasteiger partial charge in [-0.25, -0.2) is 15.0 Å². The van der Waals surface area contributed by atoms with Crippen LogP contribution in [-0.2, 0) is 0 Å². The first-order valence-electron chi connectivity index (χ1n) is 6.10. The molecule has 0 fully saturated rings. The van der Waals surface area contributed by atoms with Crippen molar-refractivity contribution in [2.24, 2.45) is 10.9 Å². The molecule has 21 heavy (non-hydrogen) atoms. The maximum absolute atomic E-state index is 8.94. The van der Waals surface area contributed by atoms with Crippen molar-refractivity contribution in [1.29, 1.82) is 0 Å². The number of fused-ring (bicyclic) bond motifs is 1. The molecule has 1 aromatic carbocycles. The third kappa shape index (κ3) is 2.77. The van der Waals surface area contributed by atoms with Gasteiger partial charge in [0.25, 0.3) is 0 Å². The van der Waals surface area contributed by atoms with Gasteiger partial charge in [-0.2, -0.15) is 0 Å². The van der Waals surface area contributed by atoms with Crippen molar-refractivity contribution in [3.8, 4) is 0 Å². The van der Waals surface area contributed by atoms with Gasteiger partial charge in [-0.3, -0.25) is 0 Å². The average molecular weight is 297 g/mol. The van der Waals surface area contributed by atoms with Crippen LogP contribution >= 0.6 is 11.8 Å². The molecule has 3 aromatic rings. The molecule has 0 aliphatic heterocycles. The minimum Gasteiger partial charge on any atom is -0.409 e. The third-order valence-electron chi connectivity index (χ3n) is 2.81. The minimum atomic E-state index is 0.0458. The second-order valence-electron chi connectivity index (χ2n) is 4.14. The van der Waals surface area contributed by atoms with Crippen LogP contribution in [0.3, 0.4) is 0 Å². The van der Waals surface area contributed by atoms with E-state index in [9.17, 15) is 0 Å². The van der Waals surface area contributed by atoms with E-state index in [-0.39, 0.29) is 5.84 Å². The highest BCUT2D eigenvalue weighted by molar-refractivity contribution is 7.99. The SMILES string of the molecule is NC(=NO)c1cc(Sc2ncccn2)nc2ccccc12. The summed E-state index contributed by atoms with van der Waals surface area (Å²) < 4.78 is 0. The third-order valence-corrected chi connectivity index (χ3v) is 3.63. The highest BCUT2D eigenvalue weighted by Crippen LogP contribution is 2.27. The number of benzene rings is 1. The van der Waals surface area contributed by atoms with Crippen molar-refractivity contribution in [1.82, 2.24) is 15.0 Å². The van der Waals surface area contributed by atoms with Crippen LogP contribution in [0.1, 0.15) is 5.56 Å². The van der Waals surface area contributed by atoms with Crippen molar-refractivity contribution < 1.29 is 5.21 Å². The molecule has 2 aromatic heterocycles. The Labute approximate surface area is 124 Å². The Morgan fingerprint density at radius 3 is 2.67 bits per heavy atom. The summed E-state index contributed by atoms with van der Waals surface area (Å²) >= 11 is 1.32. The number of aromatic nitrogens is 3. The van der Waals surface area contributed by atoms with Crippen LogP contribution in [-0.4, -0.2) is 26.0 Å². The molecule has 0 unspecified atom stereocenters. The smallest absolute Gasteiger partial charge is 0.193 e. The van der Waals surface area contributed by atoms with Crippen LogP contribution in [0.2, 0.25) is 0 Å². The highest BCUT2D eigenvalue weighted by Gasteiger charge is 2.11. The largest absolute Gasteiger partial charge is 0.409 e. The molecule has 0 amide bonds. The summed E-state index contributed by atoms with van der Waals surface area (Å²) in [5.41, 5.74) is 7.14. The minimum absolute atomic E-state index is 0.0458. The number of hydrogen-bond donors (Lipinski definition) is 2. The van der Waals surface area contributed by atoms with Gasteiger partial charge >= 0.3 is 0 Å². The molecule has 3 N–H and O–H groups in total. The molecule has 0 bridgehead atoms. The Morgan fingerprint density at radius 1 is 1.14 bits per heavy atom. The fourth-order valence-electron chi connectivity index (χ4n) is 1.90. The van der Waals surface area contributed by atoms with Crippen LogP contribution in [0.4, 0.5) is 0 Å². The molecular weight excluding hydrogens is 286 g/mol. The molecule has 6 nitrogen and oxygen atoms in total. The lowest BCUT2D eigenvalue weighted by molar-refractivity contribution is 0.318. The van der Waals surface area contributed by atoms with E-state index in [1.165, 1.54) is 11.8 Å². The molecule has 7 heteroatoms. The summed E-state index contributed by atoms with van der Waals surface area (Å²) in [5, 5.41) is 14.1. The van der Waals surface area contributed by atoms with Crippen LogP contribution in [0, 0.1) is 0 Å². The summed E-state index contributed by atoms with van der Waals surface area (Å²) in [6, 6.07) is 11.0. The van der Waals surface area contributed by atoms with Gasteiger partial charge in [0.2, 0.25) is 0 Å². The lowest BCUT2D eigenvalue weighted by Crippen LogP contribution is -2.14. The van der Waals surface area contributed by atoms with Gasteiger partial charge in [0.1, 0.15) is 5.03 Å². The first-order valence-corrected chi connectivity index (χ1v) is 6.92. The van der Waals surface area contributed by atoms with Gasteiger partial charge in [0, 0.05) is 23.3 Å².